The number of nitrogens with one attached hydrogen (secondary N) is 1. The first-order chi connectivity index (χ1) is 21.4. The summed E-state index contributed by atoms with van der Waals surface area (Å²) in [7, 11) is 0. The SMILES string of the molecule is CC(=Cc1ccc(O[C@H]2C[C@H](O)[C@@H](C(C)=CCOc3cc(F)cc(F)c3)O2)c(O)c1)C(=O)N[C@@H]1[C@H](O)[C@@H](O)[C@H]2OCO[C@H]2[C@@H]1O. The molecule has 45 heavy (non-hydrogen) atoms. The molecule has 0 radical (unpaired) electrons. The lowest BCUT2D eigenvalue weighted by Crippen LogP contribution is -2.67. The fourth-order valence-electron chi connectivity index (χ4n) is 5.52. The molecule has 2 heterocycles. The number of carbonyl (C=O) groups is 1. The molecule has 14 heteroatoms. The molecule has 1 aliphatic carbocycles. The van der Waals surface area contributed by atoms with Crippen molar-refractivity contribution in [3.8, 4) is 17.2 Å². The molecule has 0 aromatic heterocycles. The van der Waals surface area contributed by atoms with Gasteiger partial charge >= 0.3 is 0 Å². The van der Waals surface area contributed by atoms with E-state index in [2.05, 4.69) is 5.32 Å². The van der Waals surface area contributed by atoms with Crippen LogP contribution in [0.4, 0.5) is 8.78 Å². The summed E-state index contributed by atoms with van der Waals surface area (Å²) in [5.74, 6) is -2.32. The summed E-state index contributed by atoms with van der Waals surface area (Å²) < 4.78 is 54.1. The molecule has 3 aliphatic rings. The predicted molar refractivity (Wildman–Crippen MR) is 152 cm³/mol. The van der Waals surface area contributed by atoms with E-state index in [9.17, 15) is 39.1 Å². The molecule has 5 rings (SSSR count). The normalized spacial score (nSPS) is 31.9. The van der Waals surface area contributed by atoms with Gasteiger partial charge in [0.05, 0.1) is 12.1 Å². The second-order valence-corrected chi connectivity index (χ2v) is 11.2. The number of phenolic OH excluding ortho intramolecular Hbond substituents is 1. The lowest BCUT2D eigenvalue weighted by molar-refractivity contribution is -0.155. The van der Waals surface area contributed by atoms with E-state index < -0.39 is 72.6 Å². The minimum absolute atomic E-state index is 0.0181. The minimum Gasteiger partial charge on any atom is -0.504 e. The number of amides is 1. The highest BCUT2D eigenvalue weighted by Gasteiger charge is 2.53. The average molecular weight is 636 g/mol. The van der Waals surface area contributed by atoms with E-state index >= 15 is 0 Å². The molecule has 12 nitrogen and oxygen atoms in total. The highest BCUT2D eigenvalue weighted by atomic mass is 19.1. The van der Waals surface area contributed by atoms with Gasteiger partial charge in [-0.05, 0) is 49.3 Å². The standard InChI is InChI=1S/C31H35F2NO11/c1-14(5-6-41-19-10-17(32)9-18(33)11-19)28-21(36)12-23(45-28)44-22-4-3-16(8-20(22)35)7-15(2)31(40)34-24-25(37)27(39)30-29(26(24)38)42-13-43-30/h3-5,7-11,21,23-30,35-39H,6,12-13H2,1-2H3,(H,34,40)/t21-,23+,24+,25-,26+,27+,28+,29-,30+/m0/s1. The van der Waals surface area contributed by atoms with Crippen LogP contribution < -0.4 is 14.8 Å². The molecule has 9 atom stereocenters. The third kappa shape index (κ3) is 7.44. The Balaban J connectivity index is 1.15. The highest BCUT2D eigenvalue weighted by molar-refractivity contribution is 5.97. The minimum atomic E-state index is -1.49. The molecule has 1 amide bonds. The van der Waals surface area contributed by atoms with Crippen LogP contribution in [0, 0.1) is 11.6 Å². The molecule has 2 aromatic rings. The Bertz CT molecular complexity index is 1430. The van der Waals surface area contributed by atoms with Crippen molar-refractivity contribution in [1.82, 2.24) is 5.32 Å². The quantitative estimate of drug-likeness (QED) is 0.173. The van der Waals surface area contributed by atoms with E-state index in [0.29, 0.717) is 11.1 Å². The van der Waals surface area contributed by atoms with E-state index in [1.807, 2.05) is 0 Å². The molecule has 2 aromatic carbocycles. The molecule has 6 N–H and O–H groups in total. The zero-order valence-electron chi connectivity index (χ0n) is 24.4. The number of aliphatic hydroxyl groups is 4. The van der Waals surface area contributed by atoms with Gasteiger partial charge in [0, 0.05) is 30.2 Å². The van der Waals surface area contributed by atoms with Gasteiger partial charge in [-0.15, -0.1) is 0 Å². The Morgan fingerprint density at radius 2 is 1.69 bits per heavy atom. The Morgan fingerprint density at radius 3 is 2.38 bits per heavy atom. The van der Waals surface area contributed by atoms with Crippen molar-refractivity contribution in [3.63, 3.8) is 0 Å². The highest BCUT2D eigenvalue weighted by Crippen LogP contribution is 2.34. The van der Waals surface area contributed by atoms with Gasteiger partial charge in [-0.2, -0.15) is 0 Å². The van der Waals surface area contributed by atoms with Gasteiger partial charge < -0.3 is 54.5 Å². The number of hydrogen-bond donors (Lipinski definition) is 6. The fourth-order valence-corrected chi connectivity index (χ4v) is 5.52. The molecular formula is C31H35F2NO11. The number of aliphatic hydroxyl groups excluding tert-OH is 4. The van der Waals surface area contributed by atoms with Crippen LogP contribution in [0.2, 0.25) is 0 Å². The number of phenols is 1. The van der Waals surface area contributed by atoms with Crippen LogP contribution in [-0.4, -0.2) is 99.9 Å². The first-order valence-electron chi connectivity index (χ1n) is 14.3. The third-order valence-electron chi connectivity index (χ3n) is 7.91. The van der Waals surface area contributed by atoms with Gasteiger partial charge in [0.15, 0.2) is 11.5 Å². The Labute approximate surface area is 257 Å². The second-order valence-electron chi connectivity index (χ2n) is 11.2. The van der Waals surface area contributed by atoms with Crippen LogP contribution in [0.3, 0.4) is 0 Å². The van der Waals surface area contributed by atoms with Gasteiger partial charge in [0.1, 0.15) is 67.4 Å². The number of hydrogen-bond acceptors (Lipinski definition) is 11. The van der Waals surface area contributed by atoms with E-state index in [1.165, 1.54) is 25.1 Å². The smallest absolute Gasteiger partial charge is 0.247 e. The molecule has 3 fully saturated rings. The molecule has 244 valence electrons. The van der Waals surface area contributed by atoms with Crippen molar-refractivity contribution in [3.05, 3.63) is 70.8 Å². The van der Waals surface area contributed by atoms with Gasteiger partial charge in [-0.3, -0.25) is 4.79 Å². The number of halogens is 2. The van der Waals surface area contributed by atoms with Crippen molar-refractivity contribution in [2.45, 2.75) is 75.3 Å². The van der Waals surface area contributed by atoms with Crippen molar-refractivity contribution < 1.29 is 62.8 Å². The van der Waals surface area contributed by atoms with Crippen LogP contribution in [-0.2, 0) is 19.0 Å². The molecule has 0 unspecified atom stereocenters. The molecule has 1 saturated carbocycles. The summed E-state index contributed by atoms with van der Waals surface area (Å²) in [6.45, 7) is 3.03. The predicted octanol–water partition coefficient (Wildman–Crippen LogP) is 1.28. The zero-order chi connectivity index (χ0) is 32.4. The van der Waals surface area contributed by atoms with Gasteiger partial charge in [0.25, 0.3) is 0 Å². The fraction of sp³-hybridized carbons (Fsp3) is 0.452. The summed E-state index contributed by atoms with van der Waals surface area (Å²) in [5, 5.41) is 54.9. The maximum atomic E-state index is 13.3. The van der Waals surface area contributed by atoms with E-state index in [0.717, 1.165) is 18.2 Å². The zero-order valence-corrected chi connectivity index (χ0v) is 24.4. The molecular weight excluding hydrogens is 600 g/mol. The number of rotatable bonds is 9. The molecule has 0 spiro atoms. The van der Waals surface area contributed by atoms with E-state index in [4.69, 9.17) is 23.7 Å². The summed E-state index contributed by atoms with van der Waals surface area (Å²) >= 11 is 0. The van der Waals surface area contributed by atoms with E-state index in [1.54, 1.807) is 19.1 Å². The van der Waals surface area contributed by atoms with Crippen molar-refractivity contribution in [1.29, 1.82) is 0 Å². The third-order valence-corrected chi connectivity index (χ3v) is 7.91. The number of fused-ring (bicyclic) bond motifs is 1. The first kappa shape index (κ1) is 32.8. The maximum Gasteiger partial charge on any atom is 0.247 e. The van der Waals surface area contributed by atoms with Crippen LogP contribution in [0.1, 0.15) is 25.8 Å². The summed E-state index contributed by atoms with van der Waals surface area (Å²) in [6, 6.07) is 6.03. The van der Waals surface area contributed by atoms with Crippen molar-refractivity contribution in [2.24, 2.45) is 0 Å². The second kappa shape index (κ2) is 13.8. The summed E-state index contributed by atoms with van der Waals surface area (Å²) in [5.41, 5.74) is 1.23. The van der Waals surface area contributed by atoms with Gasteiger partial charge in [-0.25, -0.2) is 8.78 Å². The van der Waals surface area contributed by atoms with Gasteiger partial charge in [-0.1, -0.05) is 6.07 Å². The molecule has 2 aliphatic heterocycles. The van der Waals surface area contributed by atoms with Crippen LogP contribution in [0.15, 0.2) is 53.6 Å². The lowest BCUT2D eigenvalue weighted by Gasteiger charge is -2.41. The topological polar surface area (TPSA) is 176 Å². The lowest BCUT2D eigenvalue weighted by atomic mass is 9.83. The molecule has 0 bridgehead atoms. The Morgan fingerprint density at radius 1 is 1.00 bits per heavy atom. The summed E-state index contributed by atoms with van der Waals surface area (Å²) in [4.78, 5) is 12.8. The molecule has 2 saturated heterocycles. The maximum absolute atomic E-state index is 13.3. The number of benzene rings is 2. The van der Waals surface area contributed by atoms with Gasteiger partial charge in [0.2, 0.25) is 12.2 Å². The van der Waals surface area contributed by atoms with Crippen LogP contribution in [0.25, 0.3) is 6.08 Å². The number of aromatic hydroxyl groups is 1. The average Bonchev–Trinajstić information content (AvgIpc) is 3.62. The van der Waals surface area contributed by atoms with Crippen molar-refractivity contribution >= 4 is 12.0 Å². The Hall–Kier alpha value is -3.63. The van der Waals surface area contributed by atoms with Crippen LogP contribution >= 0.6 is 0 Å². The largest absolute Gasteiger partial charge is 0.504 e. The van der Waals surface area contributed by atoms with E-state index in [-0.39, 0.29) is 42.6 Å². The van der Waals surface area contributed by atoms with Crippen LogP contribution in [0.5, 0.6) is 17.2 Å². The summed E-state index contributed by atoms with van der Waals surface area (Å²) in [6.07, 6.45) is -5.38. The van der Waals surface area contributed by atoms with Crippen molar-refractivity contribution in [2.75, 3.05) is 13.4 Å². The number of ether oxygens (including phenoxy) is 5. The monoisotopic (exact) mass is 635 g/mol. The first-order valence-corrected chi connectivity index (χ1v) is 14.3. The Kier molecular flexibility index (Phi) is 10.0. The number of carbonyl (C=O) groups excluding carboxylic acids is 1.